The molecule has 2 rings (SSSR count). The van der Waals surface area contributed by atoms with Gasteiger partial charge in [-0.15, -0.1) is 0 Å². The Morgan fingerprint density at radius 3 is 2.71 bits per heavy atom. The molecule has 0 fully saturated rings. The highest BCUT2D eigenvalue weighted by molar-refractivity contribution is 5.55. The van der Waals surface area contributed by atoms with Crippen molar-refractivity contribution in [3.05, 3.63) is 24.2 Å². The van der Waals surface area contributed by atoms with Gasteiger partial charge in [0.05, 0.1) is 0 Å². The van der Waals surface area contributed by atoms with Gasteiger partial charge in [-0.25, -0.2) is 14.6 Å². The van der Waals surface area contributed by atoms with Crippen LogP contribution in [0.4, 0.5) is 5.82 Å². The minimum atomic E-state index is 0.512. The van der Waals surface area contributed by atoms with Crippen LogP contribution in [-0.4, -0.2) is 19.7 Å². The molecule has 0 saturated heterocycles. The lowest BCUT2D eigenvalue weighted by Gasteiger charge is -1.99. The number of pyridine rings is 1. The van der Waals surface area contributed by atoms with Gasteiger partial charge < -0.3 is 5.73 Å². The average molecular weight is 231 g/mol. The van der Waals surface area contributed by atoms with Gasteiger partial charge in [-0.05, 0) is 18.1 Å². The lowest BCUT2D eigenvalue weighted by atomic mass is 10.1. The largest absolute Gasteiger partial charge is 0.384 e. The van der Waals surface area contributed by atoms with Gasteiger partial charge in [0.1, 0.15) is 5.82 Å². The van der Waals surface area contributed by atoms with Gasteiger partial charge in [0.15, 0.2) is 11.6 Å². The second kappa shape index (κ2) is 4.53. The first-order valence-corrected chi connectivity index (χ1v) is 5.68. The molecule has 2 heterocycles. The summed E-state index contributed by atoms with van der Waals surface area (Å²) < 4.78 is 1.78. The quantitative estimate of drug-likeness (QED) is 0.872. The molecule has 0 amide bonds. The second-order valence-electron chi connectivity index (χ2n) is 4.54. The molecule has 0 unspecified atom stereocenters. The molecule has 2 aromatic heterocycles. The summed E-state index contributed by atoms with van der Waals surface area (Å²) in [5.41, 5.74) is 6.49. The van der Waals surface area contributed by atoms with E-state index >= 15 is 0 Å². The second-order valence-corrected chi connectivity index (χ2v) is 4.54. The predicted octanol–water partition coefficient (Wildman–Crippen LogP) is 1.66. The van der Waals surface area contributed by atoms with Crippen LogP contribution < -0.4 is 5.73 Å². The third kappa shape index (κ3) is 2.61. The summed E-state index contributed by atoms with van der Waals surface area (Å²) in [6.45, 7) is 4.31. The minimum Gasteiger partial charge on any atom is -0.384 e. The maximum absolute atomic E-state index is 5.56. The summed E-state index contributed by atoms with van der Waals surface area (Å²) >= 11 is 0. The molecule has 0 radical (unpaired) electrons. The lowest BCUT2D eigenvalue weighted by molar-refractivity contribution is 0.613. The van der Waals surface area contributed by atoms with Gasteiger partial charge in [-0.1, -0.05) is 13.8 Å². The highest BCUT2D eigenvalue weighted by Gasteiger charge is 2.10. The molecular formula is C12H17N5. The summed E-state index contributed by atoms with van der Waals surface area (Å²) in [5, 5.41) is 4.40. The van der Waals surface area contributed by atoms with Crippen molar-refractivity contribution in [2.45, 2.75) is 20.3 Å². The van der Waals surface area contributed by atoms with Crippen LogP contribution >= 0.6 is 0 Å². The third-order valence-corrected chi connectivity index (χ3v) is 2.44. The standard InChI is InChI=1S/C12H17N5/c1-8(2)6-11-15-12(17(3)16-11)9-4-5-10(13)14-7-9/h4-5,7-8H,6H2,1-3H3,(H2,13,14). The Balaban J connectivity index is 2.32. The van der Waals surface area contributed by atoms with E-state index in [4.69, 9.17) is 5.73 Å². The van der Waals surface area contributed by atoms with Gasteiger partial charge in [0.25, 0.3) is 0 Å². The highest BCUT2D eigenvalue weighted by atomic mass is 15.3. The molecule has 5 heteroatoms. The zero-order valence-corrected chi connectivity index (χ0v) is 10.4. The summed E-state index contributed by atoms with van der Waals surface area (Å²) in [7, 11) is 1.89. The molecule has 0 aliphatic rings. The molecule has 5 nitrogen and oxygen atoms in total. The number of nitrogens with two attached hydrogens (primary N) is 1. The molecule has 90 valence electrons. The number of nitrogen functional groups attached to an aromatic ring is 1. The maximum Gasteiger partial charge on any atom is 0.159 e. The third-order valence-electron chi connectivity index (χ3n) is 2.44. The SMILES string of the molecule is CC(C)Cc1nc(-c2ccc(N)nc2)n(C)n1. The van der Waals surface area contributed by atoms with Crippen molar-refractivity contribution in [2.24, 2.45) is 13.0 Å². The fourth-order valence-electron chi connectivity index (χ4n) is 1.68. The number of hydrogen-bond acceptors (Lipinski definition) is 4. The van der Waals surface area contributed by atoms with Crippen LogP contribution in [0.5, 0.6) is 0 Å². The maximum atomic E-state index is 5.56. The number of nitrogens with zero attached hydrogens (tertiary/aromatic N) is 4. The topological polar surface area (TPSA) is 69.6 Å². The molecular weight excluding hydrogens is 214 g/mol. The lowest BCUT2D eigenvalue weighted by Crippen LogP contribution is -1.98. The monoisotopic (exact) mass is 231 g/mol. The molecule has 0 spiro atoms. The van der Waals surface area contributed by atoms with Crippen LogP contribution in [0.1, 0.15) is 19.7 Å². The van der Waals surface area contributed by atoms with Gasteiger partial charge >= 0.3 is 0 Å². The molecule has 0 saturated carbocycles. The summed E-state index contributed by atoms with van der Waals surface area (Å²) in [6.07, 6.45) is 2.61. The first-order valence-electron chi connectivity index (χ1n) is 5.68. The Kier molecular flexibility index (Phi) is 3.08. The van der Waals surface area contributed by atoms with Crippen molar-refractivity contribution >= 4 is 5.82 Å². The predicted molar refractivity (Wildman–Crippen MR) is 67.2 cm³/mol. The van der Waals surface area contributed by atoms with E-state index in [0.717, 1.165) is 23.6 Å². The van der Waals surface area contributed by atoms with E-state index in [9.17, 15) is 0 Å². The van der Waals surface area contributed by atoms with Gasteiger partial charge in [0, 0.05) is 25.2 Å². The summed E-state index contributed by atoms with van der Waals surface area (Å²) in [4.78, 5) is 8.58. The number of hydrogen-bond donors (Lipinski definition) is 1. The zero-order chi connectivity index (χ0) is 12.4. The van der Waals surface area contributed by atoms with E-state index in [1.54, 1.807) is 16.9 Å². The smallest absolute Gasteiger partial charge is 0.159 e. The fraction of sp³-hybridized carbons (Fsp3) is 0.417. The zero-order valence-electron chi connectivity index (χ0n) is 10.4. The van der Waals surface area contributed by atoms with Crippen LogP contribution in [-0.2, 0) is 13.5 Å². The molecule has 2 aromatic rings. The molecule has 0 bridgehead atoms. The van der Waals surface area contributed by atoms with E-state index in [1.807, 2.05) is 13.1 Å². The van der Waals surface area contributed by atoms with E-state index in [-0.39, 0.29) is 0 Å². The summed E-state index contributed by atoms with van der Waals surface area (Å²) in [6, 6.07) is 3.68. The van der Waals surface area contributed by atoms with Crippen molar-refractivity contribution in [3.8, 4) is 11.4 Å². The molecule has 0 aromatic carbocycles. The van der Waals surface area contributed by atoms with Crippen LogP contribution in [0.2, 0.25) is 0 Å². The van der Waals surface area contributed by atoms with E-state index in [2.05, 4.69) is 28.9 Å². The van der Waals surface area contributed by atoms with Crippen molar-refractivity contribution < 1.29 is 0 Å². The highest BCUT2D eigenvalue weighted by Crippen LogP contribution is 2.17. The Morgan fingerprint density at radius 1 is 1.35 bits per heavy atom. The Labute approximate surface area is 101 Å². The van der Waals surface area contributed by atoms with Crippen molar-refractivity contribution in [1.82, 2.24) is 19.7 Å². The van der Waals surface area contributed by atoms with E-state index < -0.39 is 0 Å². The number of aryl methyl sites for hydroxylation is 1. The van der Waals surface area contributed by atoms with Crippen molar-refractivity contribution in [1.29, 1.82) is 0 Å². The first-order chi connectivity index (χ1) is 8.06. The molecule has 0 aliphatic heterocycles. The molecule has 0 atom stereocenters. The first kappa shape index (κ1) is 11.6. The Hall–Kier alpha value is -1.91. The minimum absolute atomic E-state index is 0.512. The van der Waals surface area contributed by atoms with Crippen molar-refractivity contribution in [3.63, 3.8) is 0 Å². The Morgan fingerprint density at radius 2 is 2.12 bits per heavy atom. The van der Waals surface area contributed by atoms with Gasteiger partial charge in [-0.2, -0.15) is 5.10 Å². The van der Waals surface area contributed by atoms with Crippen LogP contribution in [0.3, 0.4) is 0 Å². The summed E-state index contributed by atoms with van der Waals surface area (Å²) in [5.74, 6) is 2.76. The number of aromatic nitrogens is 4. The van der Waals surface area contributed by atoms with E-state index in [1.165, 1.54) is 0 Å². The van der Waals surface area contributed by atoms with E-state index in [0.29, 0.717) is 11.7 Å². The number of rotatable bonds is 3. The number of anilines is 1. The molecule has 0 aliphatic carbocycles. The van der Waals surface area contributed by atoms with Gasteiger partial charge in [0.2, 0.25) is 0 Å². The average Bonchev–Trinajstić information content (AvgIpc) is 2.59. The van der Waals surface area contributed by atoms with Crippen LogP contribution in [0.15, 0.2) is 18.3 Å². The van der Waals surface area contributed by atoms with Crippen LogP contribution in [0.25, 0.3) is 11.4 Å². The molecule has 2 N–H and O–H groups in total. The molecule has 17 heavy (non-hydrogen) atoms. The Bertz CT molecular complexity index is 498. The normalized spacial score (nSPS) is 11.1. The van der Waals surface area contributed by atoms with Gasteiger partial charge in [-0.3, -0.25) is 0 Å². The fourth-order valence-corrected chi connectivity index (χ4v) is 1.68. The van der Waals surface area contributed by atoms with Crippen molar-refractivity contribution in [2.75, 3.05) is 5.73 Å². The van der Waals surface area contributed by atoms with Crippen LogP contribution in [0, 0.1) is 5.92 Å².